The van der Waals surface area contributed by atoms with E-state index in [4.69, 9.17) is 0 Å². The minimum atomic E-state index is -3.33. The zero-order chi connectivity index (χ0) is 20.1. The van der Waals surface area contributed by atoms with Crippen molar-refractivity contribution in [3.05, 3.63) is 54.1 Å². The molecule has 0 aromatic heterocycles. The molecule has 3 rings (SSSR count). The SMILES string of the molecule is CCN(c1ccc(C(=O)Nc2ccc(N3CCCC3)cc2)cc1)S(=O)(=O)CC. The summed E-state index contributed by atoms with van der Waals surface area (Å²) in [5, 5.41) is 2.89. The molecule has 2 aromatic rings. The smallest absolute Gasteiger partial charge is 0.255 e. The number of anilines is 3. The summed E-state index contributed by atoms with van der Waals surface area (Å²) in [5.74, 6) is -0.182. The molecule has 6 nitrogen and oxygen atoms in total. The van der Waals surface area contributed by atoms with Gasteiger partial charge in [-0.3, -0.25) is 9.10 Å². The van der Waals surface area contributed by atoms with Crippen LogP contribution in [0.25, 0.3) is 0 Å². The minimum Gasteiger partial charge on any atom is -0.372 e. The van der Waals surface area contributed by atoms with Crippen LogP contribution in [-0.4, -0.2) is 39.7 Å². The van der Waals surface area contributed by atoms with Crippen molar-refractivity contribution < 1.29 is 13.2 Å². The molecule has 7 heteroatoms. The summed E-state index contributed by atoms with van der Waals surface area (Å²) in [7, 11) is -3.33. The van der Waals surface area contributed by atoms with Crippen LogP contribution < -0.4 is 14.5 Å². The normalized spacial score (nSPS) is 14.1. The van der Waals surface area contributed by atoms with Crippen LogP contribution in [0.2, 0.25) is 0 Å². The topological polar surface area (TPSA) is 69.7 Å². The first-order valence-corrected chi connectivity index (χ1v) is 11.3. The van der Waals surface area contributed by atoms with E-state index in [1.807, 2.05) is 24.3 Å². The van der Waals surface area contributed by atoms with Crippen molar-refractivity contribution in [1.82, 2.24) is 0 Å². The Bertz CT molecular complexity index is 903. The lowest BCUT2D eigenvalue weighted by Gasteiger charge is -2.22. The van der Waals surface area contributed by atoms with Gasteiger partial charge in [0.1, 0.15) is 0 Å². The molecule has 1 heterocycles. The van der Waals surface area contributed by atoms with Crippen LogP contribution in [0.5, 0.6) is 0 Å². The van der Waals surface area contributed by atoms with E-state index in [1.54, 1.807) is 38.1 Å². The van der Waals surface area contributed by atoms with E-state index in [9.17, 15) is 13.2 Å². The Morgan fingerprint density at radius 3 is 2.14 bits per heavy atom. The molecule has 1 amide bonds. The number of amides is 1. The van der Waals surface area contributed by atoms with Crippen molar-refractivity contribution >= 4 is 33.0 Å². The Morgan fingerprint density at radius 1 is 1.00 bits per heavy atom. The molecule has 2 aromatic carbocycles. The molecule has 1 aliphatic heterocycles. The molecule has 150 valence electrons. The number of carbonyl (C=O) groups excluding carboxylic acids is 1. The molecule has 0 unspecified atom stereocenters. The van der Waals surface area contributed by atoms with Crippen LogP contribution >= 0.6 is 0 Å². The number of hydrogen-bond donors (Lipinski definition) is 1. The summed E-state index contributed by atoms with van der Waals surface area (Å²) in [6.07, 6.45) is 2.45. The Hall–Kier alpha value is -2.54. The van der Waals surface area contributed by atoms with Crippen molar-refractivity contribution in [2.24, 2.45) is 0 Å². The second kappa shape index (κ2) is 8.65. The first-order chi connectivity index (χ1) is 13.4. The van der Waals surface area contributed by atoms with Gasteiger partial charge >= 0.3 is 0 Å². The molecule has 0 spiro atoms. The summed E-state index contributed by atoms with van der Waals surface area (Å²) in [4.78, 5) is 14.8. The van der Waals surface area contributed by atoms with Gasteiger partial charge in [0.15, 0.2) is 0 Å². The molecular weight excluding hydrogens is 374 g/mol. The van der Waals surface area contributed by atoms with E-state index in [2.05, 4.69) is 10.2 Å². The number of carbonyl (C=O) groups is 1. The molecule has 1 saturated heterocycles. The first-order valence-electron chi connectivity index (χ1n) is 9.71. The lowest BCUT2D eigenvalue weighted by atomic mass is 10.2. The third-order valence-electron chi connectivity index (χ3n) is 5.00. The molecule has 0 radical (unpaired) electrons. The average molecular weight is 402 g/mol. The summed E-state index contributed by atoms with van der Waals surface area (Å²) in [6, 6.07) is 14.5. The Balaban J connectivity index is 1.67. The van der Waals surface area contributed by atoms with Crippen LogP contribution in [0.4, 0.5) is 17.1 Å². The van der Waals surface area contributed by atoms with Crippen LogP contribution in [0, 0.1) is 0 Å². The van der Waals surface area contributed by atoms with Crippen molar-refractivity contribution in [3.8, 4) is 0 Å². The van der Waals surface area contributed by atoms with E-state index in [0.29, 0.717) is 17.8 Å². The fraction of sp³-hybridized carbons (Fsp3) is 0.381. The highest BCUT2D eigenvalue weighted by molar-refractivity contribution is 7.92. The monoisotopic (exact) mass is 401 g/mol. The number of sulfonamides is 1. The minimum absolute atomic E-state index is 0.0382. The maximum Gasteiger partial charge on any atom is 0.255 e. The van der Waals surface area contributed by atoms with Gasteiger partial charge in [-0.05, 0) is 75.2 Å². The highest BCUT2D eigenvalue weighted by Gasteiger charge is 2.19. The van der Waals surface area contributed by atoms with E-state index in [-0.39, 0.29) is 11.7 Å². The number of benzene rings is 2. The molecular formula is C21H27N3O3S. The number of nitrogens with one attached hydrogen (secondary N) is 1. The van der Waals surface area contributed by atoms with Crippen LogP contribution in [0.3, 0.4) is 0 Å². The number of hydrogen-bond acceptors (Lipinski definition) is 4. The third-order valence-corrected chi connectivity index (χ3v) is 6.87. The molecule has 1 aliphatic rings. The highest BCUT2D eigenvalue weighted by Crippen LogP contribution is 2.23. The molecule has 28 heavy (non-hydrogen) atoms. The fourth-order valence-corrected chi connectivity index (χ4v) is 4.56. The van der Waals surface area contributed by atoms with Crippen molar-refractivity contribution in [2.75, 3.05) is 39.9 Å². The first kappa shape index (κ1) is 20.2. The lowest BCUT2D eigenvalue weighted by molar-refractivity contribution is 0.102. The maximum absolute atomic E-state index is 12.5. The predicted molar refractivity (Wildman–Crippen MR) is 115 cm³/mol. The van der Waals surface area contributed by atoms with E-state index in [0.717, 1.165) is 18.8 Å². The Labute approximate surface area is 167 Å². The van der Waals surface area contributed by atoms with Gasteiger partial charge < -0.3 is 10.2 Å². The van der Waals surface area contributed by atoms with Gasteiger partial charge in [-0.25, -0.2) is 8.42 Å². The predicted octanol–water partition coefficient (Wildman–Crippen LogP) is 3.72. The molecule has 1 fully saturated rings. The second-order valence-electron chi connectivity index (χ2n) is 6.81. The van der Waals surface area contributed by atoms with Gasteiger partial charge in [0.05, 0.1) is 11.4 Å². The molecule has 0 saturated carbocycles. The van der Waals surface area contributed by atoms with Gasteiger partial charge in [-0.2, -0.15) is 0 Å². The summed E-state index contributed by atoms with van der Waals surface area (Å²) in [5.41, 5.74) is 2.96. The van der Waals surface area contributed by atoms with E-state index < -0.39 is 10.0 Å². The maximum atomic E-state index is 12.5. The van der Waals surface area contributed by atoms with Crippen LogP contribution in [-0.2, 0) is 10.0 Å². The molecule has 0 aliphatic carbocycles. The Morgan fingerprint density at radius 2 is 1.61 bits per heavy atom. The Kier molecular flexibility index (Phi) is 6.24. The van der Waals surface area contributed by atoms with Gasteiger partial charge in [-0.15, -0.1) is 0 Å². The van der Waals surface area contributed by atoms with Crippen molar-refractivity contribution in [3.63, 3.8) is 0 Å². The second-order valence-corrected chi connectivity index (χ2v) is 8.99. The van der Waals surface area contributed by atoms with E-state index in [1.165, 1.54) is 22.8 Å². The fourth-order valence-electron chi connectivity index (χ4n) is 3.41. The number of rotatable bonds is 7. The van der Waals surface area contributed by atoms with Gasteiger partial charge in [0.2, 0.25) is 10.0 Å². The lowest BCUT2D eigenvalue weighted by Crippen LogP contribution is -2.32. The zero-order valence-corrected chi connectivity index (χ0v) is 17.2. The van der Waals surface area contributed by atoms with Crippen LogP contribution in [0.15, 0.2) is 48.5 Å². The van der Waals surface area contributed by atoms with Crippen molar-refractivity contribution in [2.45, 2.75) is 26.7 Å². The summed E-state index contributed by atoms with van der Waals surface area (Å²) < 4.78 is 25.7. The number of nitrogens with zero attached hydrogens (tertiary/aromatic N) is 2. The van der Waals surface area contributed by atoms with Gasteiger partial charge in [0.25, 0.3) is 5.91 Å². The quantitative estimate of drug-likeness (QED) is 0.768. The molecule has 1 N–H and O–H groups in total. The van der Waals surface area contributed by atoms with E-state index >= 15 is 0 Å². The van der Waals surface area contributed by atoms with Crippen LogP contribution in [0.1, 0.15) is 37.0 Å². The average Bonchev–Trinajstić information content (AvgIpc) is 3.24. The molecule has 0 bridgehead atoms. The zero-order valence-electron chi connectivity index (χ0n) is 16.4. The third kappa shape index (κ3) is 4.47. The van der Waals surface area contributed by atoms with Gasteiger partial charge in [-0.1, -0.05) is 0 Å². The summed E-state index contributed by atoms with van der Waals surface area (Å²) in [6.45, 7) is 5.93. The largest absolute Gasteiger partial charge is 0.372 e. The van der Waals surface area contributed by atoms with Crippen molar-refractivity contribution in [1.29, 1.82) is 0 Å². The highest BCUT2D eigenvalue weighted by atomic mass is 32.2. The molecule has 0 atom stereocenters. The van der Waals surface area contributed by atoms with Gasteiger partial charge in [0, 0.05) is 36.6 Å². The summed E-state index contributed by atoms with van der Waals surface area (Å²) >= 11 is 0. The standard InChI is InChI=1S/C21H27N3O3S/c1-3-24(28(26,27)4-2)20-11-7-17(8-12-20)21(25)22-18-9-13-19(14-10-18)23-15-5-6-16-23/h7-14H,3-6,15-16H2,1-2H3,(H,22,25).